The molecule has 0 aromatic heterocycles. The molecule has 5 heteroatoms. The molecule has 1 heterocycles. The normalized spacial score (nSPS) is 32.3. The average Bonchev–Trinajstić information content (AvgIpc) is 2.67. The molecule has 1 aromatic carbocycles. The van der Waals surface area contributed by atoms with Gasteiger partial charge in [-0.15, -0.1) is 12.4 Å². The van der Waals surface area contributed by atoms with Gasteiger partial charge in [-0.3, -0.25) is 4.79 Å². The summed E-state index contributed by atoms with van der Waals surface area (Å²) in [6.07, 6.45) is 2.79. The van der Waals surface area contributed by atoms with Gasteiger partial charge in [0.2, 0.25) is 5.91 Å². The fourth-order valence-electron chi connectivity index (χ4n) is 4.85. The van der Waals surface area contributed by atoms with Crippen molar-refractivity contribution < 1.29 is 9.53 Å². The standard InChI is InChI=1S/C22H34N2O2.ClH/c1-5-16-15-24(13-12-18(16)17-10-8-7-9-11-17)20(25)22(23)14-19(26-6-2)21(22,3)4;/h7-11,16,18-19H,5-6,12-15,23H2,1-4H3;1H. The van der Waals surface area contributed by atoms with E-state index in [1.807, 2.05) is 11.8 Å². The molecule has 0 bridgehead atoms. The lowest BCUT2D eigenvalue weighted by molar-refractivity contribution is -0.180. The number of hydrogen-bond acceptors (Lipinski definition) is 3. The second-order valence-corrected chi connectivity index (χ2v) is 8.57. The maximum absolute atomic E-state index is 13.3. The quantitative estimate of drug-likeness (QED) is 0.821. The van der Waals surface area contributed by atoms with Gasteiger partial charge in [0.25, 0.3) is 0 Å². The molecular formula is C22H35ClN2O2. The van der Waals surface area contributed by atoms with E-state index < -0.39 is 5.54 Å². The Morgan fingerprint density at radius 2 is 1.93 bits per heavy atom. The van der Waals surface area contributed by atoms with E-state index >= 15 is 0 Å². The number of hydrogen-bond donors (Lipinski definition) is 1. The van der Waals surface area contributed by atoms with Crippen LogP contribution < -0.4 is 5.73 Å². The topological polar surface area (TPSA) is 55.6 Å². The molecule has 1 saturated heterocycles. The van der Waals surface area contributed by atoms with Crippen molar-refractivity contribution in [3.05, 3.63) is 35.9 Å². The van der Waals surface area contributed by atoms with Crippen LogP contribution in [0.3, 0.4) is 0 Å². The summed E-state index contributed by atoms with van der Waals surface area (Å²) in [4.78, 5) is 15.3. The van der Waals surface area contributed by atoms with Gasteiger partial charge in [0.1, 0.15) is 5.54 Å². The Labute approximate surface area is 170 Å². The number of carbonyl (C=O) groups is 1. The first kappa shape index (κ1) is 22.2. The molecule has 0 spiro atoms. The lowest BCUT2D eigenvalue weighted by atomic mass is 9.54. The first-order valence-electron chi connectivity index (χ1n) is 10.1. The SMILES string of the molecule is CCOC1CC(N)(C(=O)N2CCC(c3ccccc3)C(CC)C2)C1(C)C.Cl. The molecule has 152 valence electrons. The van der Waals surface area contributed by atoms with Gasteiger partial charge in [-0.2, -0.15) is 0 Å². The van der Waals surface area contributed by atoms with Gasteiger partial charge >= 0.3 is 0 Å². The van der Waals surface area contributed by atoms with Crippen LogP contribution >= 0.6 is 12.4 Å². The van der Waals surface area contributed by atoms with Gasteiger partial charge < -0.3 is 15.4 Å². The van der Waals surface area contributed by atoms with Gasteiger partial charge in [-0.1, -0.05) is 57.5 Å². The maximum atomic E-state index is 13.3. The molecule has 1 saturated carbocycles. The van der Waals surface area contributed by atoms with Crippen molar-refractivity contribution in [1.29, 1.82) is 0 Å². The molecule has 4 atom stereocenters. The number of amides is 1. The zero-order valence-corrected chi connectivity index (χ0v) is 17.9. The average molecular weight is 395 g/mol. The van der Waals surface area contributed by atoms with Crippen LogP contribution in [-0.4, -0.2) is 42.1 Å². The fourth-order valence-corrected chi connectivity index (χ4v) is 4.85. The third-order valence-corrected chi connectivity index (χ3v) is 6.98. The molecule has 2 fully saturated rings. The minimum atomic E-state index is -0.801. The molecule has 1 aliphatic heterocycles. The van der Waals surface area contributed by atoms with E-state index in [1.165, 1.54) is 5.56 Å². The number of ether oxygens (including phenoxy) is 1. The molecule has 2 aliphatic rings. The van der Waals surface area contributed by atoms with E-state index in [-0.39, 0.29) is 29.8 Å². The van der Waals surface area contributed by atoms with E-state index in [4.69, 9.17) is 10.5 Å². The Bertz CT molecular complexity index is 636. The third-order valence-electron chi connectivity index (χ3n) is 6.98. The summed E-state index contributed by atoms with van der Waals surface area (Å²) in [7, 11) is 0. The summed E-state index contributed by atoms with van der Waals surface area (Å²) < 4.78 is 5.79. The highest BCUT2D eigenvalue weighted by Gasteiger charge is 2.64. The van der Waals surface area contributed by atoms with Gasteiger partial charge in [0.05, 0.1) is 6.10 Å². The predicted molar refractivity (Wildman–Crippen MR) is 112 cm³/mol. The minimum Gasteiger partial charge on any atom is -0.378 e. The highest BCUT2D eigenvalue weighted by molar-refractivity contribution is 5.89. The van der Waals surface area contributed by atoms with Gasteiger partial charge in [0.15, 0.2) is 0 Å². The molecule has 0 radical (unpaired) electrons. The highest BCUT2D eigenvalue weighted by Crippen LogP contribution is 2.51. The van der Waals surface area contributed by atoms with Crippen molar-refractivity contribution in [2.75, 3.05) is 19.7 Å². The Morgan fingerprint density at radius 3 is 2.48 bits per heavy atom. The van der Waals surface area contributed by atoms with Crippen molar-refractivity contribution in [1.82, 2.24) is 4.90 Å². The number of rotatable bonds is 5. The smallest absolute Gasteiger partial charge is 0.243 e. The second-order valence-electron chi connectivity index (χ2n) is 8.57. The number of likely N-dealkylation sites (tertiary alicyclic amines) is 1. The summed E-state index contributed by atoms with van der Waals surface area (Å²) >= 11 is 0. The van der Waals surface area contributed by atoms with Gasteiger partial charge in [-0.25, -0.2) is 0 Å². The van der Waals surface area contributed by atoms with Crippen LogP contribution in [0.25, 0.3) is 0 Å². The predicted octanol–water partition coefficient (Wildman–Crippen LogP) is 3.98. The van der Waals surface area contributed by atoms with E-state index in [9.17, 15) is 4.79 Å². The summed E-state index contributed by atoms with van der Waals surface area (Å²) in [5.74, 6) is 1.14. The number of benzene rings is 1. The largest absolute Gasteiger partial charge is 0.378 e. The van der Waals surface area contributed by atoms with Crippen molar-refractivity contribution in [3.63, 3.8) is 0 Å². The van der Waals surface area contributed by atoms with Crippen LogP contribution in [0, 0.1) is 11.3 Å². The molecule has 1 aromatic rings. The summed E-state index contributed by atoms with van der Waals surface area (Å²) in [6, 6.07) is 10.7. The molecule has 4 unspecified atom stereocenters. The van der Waals surface area contributed by atoms with E-state index in [1.54, 1.807) is 0 Å². The van der Waals surface area contributed by atoms with Crippen molar-refractivity contribution >= 4 is 18.3 Å². The Kier molecular flexibility index (Phi) is 6.99. The molecule has 1 aliphatic carbocycles. The maximum Gasteiger partial charge on any atom is 0.243 e. The molecule has 2 N–H and O–H groups in total. The molecular weight excluding hydrogens is 360 g/mol. The molecule has 4 nitrogen and oxygen atoms in total. The van der Waals surface area contributed by atoms with E-state index in [0.29, 0.717) is 24.9 Å². The van der Waals surface area contributed by atoms with E-state index in [0.717, 1.165) is 25.9 Å². The second kappa shape index (κ2) is 8.50. The molecule has 3 rings (SSSR count). The summed E-state index contributed by atoms with van der Waals surface area (Å²) in [5, 5.41) is 0. The van der Waals surface area contributed by atoms with E-state index in [2.05, 4.69) is 51.1 Å². The summed E-state index contributed by atoms with van der Waals surface area (Å²) in [5.41, 5.74) is 6.91. The number of nitrogens with two attached hydrogens (primary N) is 1. The van der Waals surface area contributed by atoms with Crippen LogP contribution in [0.1, 0.15) is 58.4 Å². The Hall–Kier alpha value is -1.10. The first-order chi connectivity index (χ1) is 12.3. The number of piperidine rings is 1. The van der Waals surface area contributed by atoms with Gasteiger partial charge in [0, 0.05) is 31.5 Å². The number of nitrogens with zero attached hydrogens (tertiary/aromatic N) is 1. The van der Waals surface area contributed by atoms with Crippen LogP contribution in [0.2, 0.25) is 0 Å². The number of carbonyl (C=O) groups excluding carboxylic acids is 1. The lowest BCUT2D eigenvalue weighted by Crippen LogP contribution is -2.76. The Morgan fingerprint density at radius 1 is 1.26 bits per heavy atom. The van der Waals surface area contributed by atoms with Crippen LogP contribution in [0.15, 0.2) is 30.3 Å². The minimum absolute atomic E-state index is 0. The summed E-state index contributed by atoms with van der Waals surface area (Å²) in [6.45, 7) is 10.6. The highest BCUT2D eigenvalue weighted by atomic mass is 35.5. The van der Waals surface area contributed by atoms with Crippen LogP contribution in [-0.2, 0) is 9.53 Å². The Balaban J connectivity index is 0.00000261. The van der Waals surface area contributed by atoms with Gasteiger partial charge in [-0.05, 0) is 30.7 Å². The zero-order valence-electron chi connectivity index (χ0n) is 17.1. The van der Waals surface area contributed by atoms with Crippen LogP contribution in [0.4, 0.5) is 0 Å². The number of halogens is 1. The van der Waals surface area contributed by atoms with Crippen LogP contribution in [0.5, 0.6) is 0 Å². The van der Waals surface area contributed by atoms with Crippen molar-refractivity contribution in [3.8, 4) is 0 Å². The zero-order chi connectivity index (χ0) is 18.9. The molecule has 1 amide bonds. The fraction of sp³-hybridized carbons (Fsp3) is 0.682. The monoisotopic (exact) mass is 394 g/mol. The van der Waals surface area contributed by atoms with Crippen molar-refractivity contribution in [2.45, 2.75) is 64.5 Å². The first-order valence-corrected chi connectivity index (χ1v) is 10.1. The van der Waals surface area contributed by atoms with Crippen molar-refractivity contribution in [2.24, 2.45) is 17.1 Å². The molecule has 27 heavy (non-hydrogen) atoms. The lowest BCUT2D eigenvalue weighted by Gasteiger charge is -2.59. The third kappa shape index (κ3) is 3.76.